The molecule has 102 valence electrons. The summed E-state index contributed by atoms with van der Waals surface area (Å²) in [5.74, 6) is 0.0319. The van der Waals surface area contributed by atoms with Crippen LogP contribution in [-0.4, -0.2) is 24.9 Å². The van der Waals surface area contributed by atoms with Gasteiger partial charge < -0.3 is 4.90 Å². The molecule has 2 nitrogen and oxygen atoms in total. The predicted molar refractivity (Wildman–Crippen MR) is 84.4 cm³/mol. The topological polar surface area (TPSA) is 20.3 Å². The third-order valence-electron chi connectivity index (χ3n) is 2.65. The van der Waals surface area contributed by atoms with Crippen molar-refractivity contribution in [3.63, 3.8) is 0 Å². The highest BCUT2D eigenvalue weighted by Crippen LogP contribution is 2.23. The maximum atomic E-state index is 12.1. The van der Waals surface area contributed by atoms with Gasteiger partial charge in [-0.05, 0) is 17.2 Å². The Hall–Kier alpha value is -1.51. The highest BCUT2D eigenvalue weighted by Gasteiger charge is 2.13. The van der Waals surface area contributed by atoms with E-state index in [2.05, 4.69) is 0 Å². The average Bonchev–Trinajstić information content (AvgIpc) is 2.39. The molecular formula is C15H17Cl2NO. The first-order chi connectivity index (χ1) is 8.20. The van der Waals surface area contributed by atoms with Gasteiger partial charge in [-0.25, -0.2) is 0 Å². The van der Waals surface area contributed by atoms with Crippen LogP contribution in [0.25, 0.3) is 11.1 Å². The first-order valence-corrected chi connectivity index (χ1v) is 5.56. The quantitative estimate of drug-likeness (QED) is 0.823. The van der Waals surface area contributed by atoms with Crippen LogP contribution in [-0.2, 0) is 0 Å². The van der Waals surface area contributed by atoms with E-state index >= 15 is 0 Å². The molecule has 0 bridgehead atoms. The van der Waals surface area contributed by atoms with Crippen LogP contribution < -0.4 is 0 Å². The minimum atomic E-state index is 0. The molecule has 0 atom stereocenters. The van der Waals surface area contributed by atoms with Crippen LogP contribution in [0, 0.1) is 0 Å². The molecule has 0 aliphatic heterocycles. The lowest BCUT2D eigenvalue weighted by Crippen LogP contribution is -2.22. The zero-order valence-corrected chi connectivity index (χ0v) is 12.5. The maximum absolute atomic E-state index is 12.1. The van der Waals surface area contributed by atoms with Crippen molar-refractivity contribution >= 4 is 30.7 Å². The molecule has 0 saturated carbocycles. The Labute approximate surface area is 126 Å². The maximum Gasteiger partial charge on any atom is 0.253 e. The molecular weight excluding hydrogens is 281 g/mol. The van der Waals surface area contributed by atoms with Gasteiger partial charge in [0.25, 0.3) is 5.91 Å². The molecule has 0 aliphatic carbocycles. The third kappa shape index (κ3) is 3.98. The minimum absolute atomic E-state index is 0. The summed E-state index contributed by atoms with van der Waals surface area (Å²) in [5, 5.41) is 0. The number of carbonyl (C=O) groups is 1. The second kappa shape index (κ2) is 7.82. The Balaban J connectivity index is 0.00000162. The molecule has 2 aromatic carbocycles. The van der Waals surface area contributed by atoms with Crippen molar-refractivity contribution in [1.29, 1.82) is 0 Å². The summed E-state index contributed by atoms with van der Waals surface area (Å²) in [6.07, 6.45) is 0. The molecule has 4 heteroatoms. The highest BCUT2D eigenvalue weighted by atomic mass is 35.5. The number of benzene rings is 2. The average molecular weight is 298 g/mol. The van der Waals surface area contributed by atoms with Crippen molar-refractivity contribution in [1.82, 2.24) is 4.90 Å². The highest BCUT2D eigenvalue weighted by molar-refractivity contribution is 6.00. The van der Waals surface area contributed by atoms with E-state index in [4.69, 9.17) is 0 Å². The van der Waals surface area contributed by atoms with Gasteiger partial charge in [-0.3, -0.25) is 4.79 Å². The third-order valence-corrected chi connectivity index (χ3v) is 2.65. The molecule has 0 unspecified atom stereocenters. The zero-order chi connectivity index (χ0) is 12.3. The number of carbonyl (C=O) groups excluding carboxylic acids is 1. The molecule has 2 aromatic rings. The van der Waals surface area contributed by atoms with Gasteiger partial charge in [-0.1, -0.05) is 48.5 Å². The minimum Gasteiger partial charge on any atom is -0.345 e. The van der Waals surface area contributed by atoms with E-state index < -0.39 is 0 Å². The number of amides is 1. The standard InChI is InChI=1S/C15H15NO.2ClH/c1-16(2)15(17)14-11-7-6-10-13(14)12-8-4-3-5-9-12;;/h3-11H,1-2H3;2*1H. The first-order valence-electron chi connectivity index (χ1n) is 5.56. The normalized spacial score (nSPS) is 8.95. The molecule has 0 fully saturated rings. The molecule has 0 spiro atoms. The Morgan fingerprint density at radius 3 is 1.95 bits per heavy atom. The van der Waals surface area contributed by atoms with E-state index in [1.807, 2.05) is 54.6 Å². The fourth-order valence-electron chi connectivity index (χ4n) is 1.78. The number of rotatable bonds is 2. The number of nitrogens with zero attached hydrogens (tertiary/aromatic N) is 1. The van der Waals surface area contributed by atoms with Crippen LogP contribution in [0.1, 0.15) is 10.4 Å². The summed E-state index contributed by atoms with van der Waals surface area (Å²) in [6, 6.07) is 17.6. The first kappa shape index (κ1) is 17.5. The summed E-state index contributed by atoms with van der Waals surface area (Å²) in [6.45, 7) is 0. The van der Waals surface area contributed by atoms with E-state index in [1.54, 1.807) is 19.0 Å². The summed E-state index contributed by atoms with van der Waals surface area (Å²) >= 11 is 0. The van der Waals surface area contributed by atoms with Crippen LogP contribution >= 0.6 is 24.8 Å². The summed E-state index contributed by atoms with van der Waals surface area (Å²) < 4.78 is 0. The molecule has 0 aliphatic rings. The second-order valence-electron chi connectivity index (χ2n) is 4.11. The number of hydrogen-bond donors (Lipinski definition) is 0. The molecule has 1 amide bonds. The van der Waals surface area contributed by atoms with Crippen molar-refractivity contribution in [3.05, 3.63) is 60.2 Å². The Kier molecular flexibility index (Phi) is 7.20. The van der Waals surface area contributed by atoms with Gasteiger partial charge in [0.2, 0.25) is 0 Å². The van der Waals surface area contributed by atoms with E-state index in [9.17, 15) is 4.79 Å². The Bertz CT molecular complexity index is 527. The van der Waals surface area contributed by atoms with Gasteiger partial charge in [-0.15, -0.1) is 24.8 Å². The Morgan fingerprint density at radius 1 is 0.842 bits per heavy atom. The Morgan fingerprint density at radius 2 is 1.37 bits per heavy atom. The van der Waals surface area contributed by atoms with E-state index in [0.29, 0.717) is 0 Å². The molecule has 19 heavy (non-hydrogen) atoms. The van der Waals surface area contributed by atoms with Crippen molar-refractivity contribution in [2.75, 3.05) is 14.1 Å². The summed E-state index contributed by atoms with van der Waals surface area (Å²) in [5.41, 5.74) is 2.79. The largest absolute Gasteiger partial charge is 0.345 e. The van der Waals surface area contributed by atoms with Gasteiger partial charge in [0, 0.05) is 19.7 Å². The molecule has 0 radical (unpaired) electrons. The molecule has 0 aromatic heterocycles. The second-order valence-corrected chi connectivity index (χ2v) is 4.11. The van der Waals surface area contributed by atoms with Gasteiger partial charge in [0.1, 0.15) is 0 Å². The predicted octanol–water partition coefficient (Wildman–Crippen LogP) is 3.90. The van der Waals surface area contributed by atoms with Gasteiger partial charge in [-0.2, -0.15) is 0 Å². The lowest BCUT2D eigenvalue weighted by Gasteiger charge is -2.14. The van der Waals surface area contributed by atoms with Crippen molar-refractivity contribution in [2.24, 2.45) is 0 Å². The van der Waals surface area contributed by atoms with E-state index in [0.717, 1.165) is 16.7 Å². The molecule has 2 rings (SSSR count). The number of halogens is 2. The zero-order valence-electron chi connectivity index (χ0n) is 10.9. The SMILES string of the molecule is CN(C)C(=O)c1ccccc1-c1ccccc1.Cl.Cl. The fraction of sp³-hybridized carbons (Fsp3) is 0.133. The summed E-state index contributed by atoms with van der Waals surface area (Å²) in [7, 11) is 3.54. The van der Waals surface area contributed by atoms with Crippen molar-refractivity contribution in [2.45, 2.75) is 0 Å². The fourth-order valence-corrected chi connectivity index (χ4v) is 1.78. The van der Waals surface area contributed by atoms with Crippen LogP contribution in [0.3, 0.4) is 0 Å². The van der Waals surface area contributed by atoms with Gasteiger partial charge >= 0.3 is 0 Å². The van der Waals surface area contributed by atoms with Crippen molar-refractivity contribution in [3.8, 4) is 11.1 Å². The van der Waals surface area contributed by atoms with E-state index in [-0.39, 0.29) is 30.7 Å². The van der Waals surface area contributed by atoms with E-state index in [1.165, 1.54) is 0 Å². The molecule has 0 saturated heterocycles. The van der Waals surface area contributed by atoms with Crippen molar-refractivity contribution < 1.29 is 4.79 Å². The lowest BCUT2D eigenvalue weighted by molar-refractivity contribution is 0.0828. The van der Waals surface area contributed by atoms with Crippen LogP contribution in [0.5, 0.6) is 0 Å². The summed E-state index contributed by atoms with van der Waals surface area (Å²) in [4.78, 5) is 13.7. The van der Waals surface area contributed by atoms with Gasteiger partial charge in [0.15, 0.2) is 0 Å². The lowest BCUT2D eigenvalue weighted by atomic mass is 9.99. The smallest absolute Gasteiger partial charge is 0.253 e. The number of hydrogen-bond acceptors (Lipinski definition) is 1. The van der Waals surface area contributed by atoms with Crippen LogP contribution in [0.15, 0.2) is 54.6 Å². The van der Waals surface area contributed by atoms with Crippen LogP contribution in [0.4, 0.5) is 0 Å². The monoisotopic (exact) mass is 297 g/mol. The van der Waals surface area contributed by atoms with Crippen LogP contribution in [0.2, 0.25) is 0 Å². The molecule has 0 N–H and O–H groups in total. The molecule has 0 heterocycles. The van der Waals surface area contributed by atoms with Gasteiger partial charge in [0.05, 0.1) is 0 Å².